The van der Waals surface area contributed by atoms with Crippen LogP contribution in [0.1, 0.15) is 10.4 Å². The number of nitro groups is 1. The number of nitrogens with two attached hydrogens (primary N) is 1. The third kappa shape index (κ3) is 4.27. The predicted octanol–water partition coefficient (Wildman–Crippen LogP) is 1.97. The molecule has 0 unspecified atom stereocenters. The second kappa shape index (κ2) is 7.03. The molecule has 8 heteroatoms. The zero-order chi connectivity index (χ0) is 16.8. The first-order valence-corrected chi connectivity index (χ1v) is 6.53. The largest absolute Gasteiger partial charge is 0.452 e. The maximum Gasteiger partial charge on any atom is 0.340 e. The van der Waals surface area contributed by atoms with Crippen LogP contribution in [0.3, 0.4) is 0 Å². The molecule has 0 spiro atoms. The number of amides is 1. The number of hydrogen-bond donors (Lipinski definition) is 2. The first-order valence-electron chi connectivity index (χ1n) is 6.53. The summed E-state index contributed by atoms with van der Waals surface area (Å²) < 4.78 is 4.87. The Balaban J connectivity index is 1.89. The summed E-state index contributed by atoms with van der Waals surface area (Å²) in [6, 6.07) is 11.6. The van der Waals surface area contributed by atoms with Crippen LogP contribution in [0, 0.1) is 10.1 Å². The number of para-hydroxylation sites is 1. The zero-order valence-corrected chi connectivity index (χ0v) is 11.9. The SMILES string of the molecule is Nc1ccccc1C(=O)OCC(=O)Nc1ccc([N+](=O)[O-])cc1. The molecule has 0 heterocycles. The number of anilines is 2. The van der Waals surface area contributed by atoms with Gasteiger partial charge < -0.3 is 15.8 Å². The smallest absolute Gasteiger partial charge is 0.340 e. The van der Waals surface area contributed by atoms with Gasteiger partial charge >= 0.3 is 5.97 Å². The van der Waals surface area contributed by atoms with Crippen molar-refractivity contribution >= 4 is 28.9 Å². The molecule has 0 saturated heterocycles. The summed E-state index contributed by atoms with van der Waals surface area (Å²) in [5, 5.41) is 13.0. The average molecular weight is 315 g/mol. The second-order valence-corrected chi connectivity index (χ2v) is 4.52. The molecule has 0 aliphatic carbocycles. The van der Waals surface area contributed by atoms with Gasteiger partial charge in [-0.2, -0.15) is 0 Å². The lowest BCUT2D eigenvalue weighted by molar-refractivity contribution is -0.384. The van der Waals surface area contributed by atoms with Crippen LogP contribution < -0.4 is 11.1 Å². The number of rotatable bonds is 5. The van der Waals surface area contributed by atoms with Crippen molar-refractivity contribution in [1.82, 2.24) is 0 Å². The van der Waals surface area contributed by atoms with Crippen molar-refractivity contribution in [2.24, 2.45) is 0 Å². The third-order valence-electron chi connectivity index (χ3n) is 2.88. The summed E-state index contributed by atoms with van der Waals surface area (Å²) in [5.74, 6) is -1.27. The molecule has 3 N–H and O–H groups in total. The third-order valence-corrected chi connectivity index (χ3v) is 2.88. The maximum absolute atomic E-state index is 11.8. The quantitative estimate of drug-likeness (QED) is 0.376. The Morgan fingerprint density at radius 3 is 2.39 bits per heavy atom. The van der Waals surface area contributed by atoms with E-state index >= 15 is 0 Å². The van der Waals surface area contributed by atoms with Gasteiger partial charge in [-0.05, 0) is 24.3 Å². The summed E-state index contributed by atoms with van der Waals surface area (Å²) in [4.78, 5) is 33.5. The van der Waals surface area contributed by atoms with E-state index in [4.69, 9.17) is 10.5 Å². The molecule has 0 saturated carbocycles. The van der Waals surface area contributed by atoms with Crippen molar-refractivity contribution in [2.75, 3.05) is 17.7 Å². The number of carbonyl (C=O) groups excluding carboxylic acids is 2. The van der Waals surface area contributed by atoms with E-state index in [0.29, 0.717) is 5.69 Å². The molecule has 2 aromatic rings. The highest BCUT2D eigenvalue weighted by molar-refractivity contribution is 5.98. The van der Waals surface area contributed by atoms with Gasteiger partial charge in [0, 0.05) is 23.5 Å². The van der Waals surface area contributed by atoms with Crippen molar-refractivity contribution < 1.29 is 19.2 Å². The molecule has 1 amide bonds. The number of carbonyl (C=O) groups is 2. The molecule has 2 rings (SSSR count). The van der Waals surface area contributed by atoms with Gasteiger partial charge in [-0.15, -0.1) is 0 Å². The molecule has 0 fully saturated rings. The molecule has 2 aromatic carbocycles. The van der Waals surface area contributed by atoms with E-state index in [9.17, 15) is 19.7 Å². The minimum Gasteiger partial charge on any atom is -0.452 e. The summed E-state index contributed by atoms with van der Waals surface area (Å²) in [7, 11) is 0. The Bertz CT molecular complexity index is 743. The van der Waals surface area contributed by atoms with Gasteiger partial charge in [0.05, 0.1) is 10.5 Å². The number of nitro benzene ring substituents is 1. The van der Waals surface area contributed by atoms with Crippen LogP contribution >= 0.6 is 0 Å². The van der Waals surface area contributed by atoms with E-state index in [0.717, 1.165) is 0 Å². The van der Waals surface area contributed by atoms with Gasteiger partial charge in [0.15, 0.2) is 6.61 Å². The maximum atomic E-state index is 11.8. The Labute approximate surface area is 131 Å². The molecule has 0 aromatic heterocycles. The van der Waals surface area contributed by atoms with Crippen LogP contribution in [0.25, 0.3) is 0 Å². The normalized spacial score (nSPS) is 9.91. The topological polar surface area (TPSA) is 125 Å². The lowest BCUT2D eigenvalue weighted by Gasteiger charge is -2.07. The molecule has 0 aliphatic heterocycles. The van der Waals surface area contributed by atoms with E-state index in [-0.39, 0.29) is 16.9 Å². The second-order valence-electron chi connectivity index (χ2n) is 4.52. The zero-order valence-electron chi connectivity index (χ0n) is 11.9. The highest BCUT2D eigenvalue weighted by Crippen LogP contribution is 2.15. The van der Waals surface area contributed by atoms with Crippen LogP contribution in [-0.2, 0) is 9.53 Å². The summed E-state index contributed by atoms with van der Waals surface area (Å²) in [6.07, 6.45) is 0. The summed E-state index contributed by atoms with van der Waals surface area (Å²) in [6.45, 7) is -0.496. The van der Waals surface area contributed by atoms with Gasteiger partial charge in [-0.3, -0.25) is 14.9 Å². The van der Waals surface area contributed by atoms with Crippen LogP contribution in [0.4, 0.5) is 17.1 Å². The van der Waals surface area contributed by atoms with E-state index < -0.39 is 23.4 Å². The van der Waals surface area contributed by atoms with Crippen LogP contribution in [0.5, 0.6) is 0 Å². The monoisotopic (exact) mass is 315 g/mol. The Kier molecular flexibility index (Phi) is 4.88. The number of nitrogens with one attached hydrogen (secondary N) is 1. The summed E-state index contributed by atoms with van der Waals surface area (Å²) >= 11 is 0. The van der Waals surface area contributed by atoms with Crippen molar-refractivity contribution in [3.8, 4) is 0 Å². The Morgan fingerprint density at radius 2 is 1.78 bits per heavy atom. The molecule has 0 bridgehead atoms. The molecule has 118 valence electrons. The van der Waals surface area contributed by atoms with E-state index in [1.54, 1.807) is 18.2 Å². The standard InChI is InChI=1S/C15H13N3O5/c16-13-4-2-1-3-12(13)15(20)23-9-14(19)17-10-5-7-11(8-6-10)18(21)22/h1-8H,9,16H2,(H,17,19). The summed E-state index contributed by atoms with van der Waals surface area (Å²) in [5.41, 5.74) is 6.34. The van der Waals surface area contributed by atoms with Gasteiger partial charge in [-0.25, -0.2) is 4.79 Å². The highest BCUT2D eigenvalue weighted by atomic mass is 16.6. The van der Waals surface area contributed by atoms with Crippen molar-refractivity contribution in [1.29, 1.82) is 0 Å². The fourth-order valence-electron chi connectivity index (χ4n) is 1.76. The van der Waals surface area contributed by atoms with Gasteiger partial charge in [0.25, 0.3) is 11.6 Å². The number of benzene rings is 2. The molecule has 0 aliphatic rings. The first kappa shape index (κ1) is 16.0. The Morgan fingerprint density at radius 1 is 1.13 bits per heavy atom. The van der Waals surface area contributed by atoms with E-state index in [2.05, 4.69) is 5.32 Å². The fraction of sp³-hybridized carbons (Fsp3) is 0.0667. The minimum atomic E-state index is -0.707. The predicted molar refractivity (Wildman–Crippen MR) is 82.9 cm³/mol. The van der Waals surface area contributed by atoms with Gasteiger partial charge in [-0.1, -0.05) is 12.1 Å². The van der Waals surface area contributed by atoms with Crippen molar-refractivity contribution in [3.05, 3.63) is 64.2 Å². The van der Waals surface area contributed by atoms with Gasteiger partial charge in [0.2, 0.25) is 0 Å². The molecular weight excluding hydrogens is 302 g/mol. The number of non-ortho nitro benzene ring substituents is 1. The molecule has 8 nitrogen and oxygen atoms in total. The molecule has 0 atom stereocenters. The van der Waals surface area contributed by atoms with E-state index in [1.807, 2.05) is 0 Å². The van der Waals surface area contributed by atoms with Crippen LogP contribution in [0.2, 0.25) is 0 Å². The number of esters is 1. The Hall–Kier alpha value is -3.42. The number of nitrogen functional groups attached to an aromatic ring is 1. The molecule has 0 radical (unpaired) electrons. The van der Waals surface area contributed by atoms with Crippen LogP contribution in [-0.4, -0.2) is 23.4 Å². The molecular formula is C15H13N3O5. The van der Waals surface area contributed by atoms with Crippen molar-refractivity contribution in [3.63, 3.8) is 0 Å². The fourth-order valence-corrected chi connectivity index (χ4v) is 1.76. The number of nitrogens with zero attached hydrogens (tertiary/aromatic N) is 1. The number of hydrogen-bond acceptors (Lipinski definition) is 6. The van der Waals surface area contributed by atoms with Crippen LogP contribution in [0.15, 0.2) is 48.5 Å². The lowest BCUT2D eigenvalue weighted by atomic mass is 10.2. The number of ether oxygens (including phenoxy) is 1. The van der Waals surface area contributed by atoms with Gasteiger partial charge in [0.1, 0.15) is 0 Å². The first-order chi connectivity index (χ1) is 11.0. The minimum absolute atomic E-state index is 0.0889. The molecule has 23 heavy (non-hydrogen) atoms. The van der Waals surface area contributed by atoms with E-state index in [1.165, 1.54) is 30.3 Å². The lowest BCUT2D eigenvalue weighted by Crippen LogP contribution is -2.21. The average Bonchev–Trinajstić information content (AvgIpc) is 2.53. The van der Waals surface area contributed by atoms with Crippen molar-refractivity contribution in [2.45, 2.75) is 0 Å². The highest BCUT2D eigenvalue weighted by Gasteiger charge is 2.13.